The molecule has 0 saturated carbocycles. The van der Waals surface area contributed by atoms with Gasteiger partial charge in [-0.3, -0.25) is 0 Å². The highest BCUT2D eigenvalue weighted by Gasteiger charge is 2.19. The van der Waals surface area contributed by atoms with Crippen molar-refractivity contribution < 1.29 is 0 Å². The van der Waals surface area contributed by atoms with Crippen molar-refractivity contribution >= 4 is 55.9 Å². The fraction of sp³-hybridized carbons (Fsp3) is 0. The Morgan fingerprint density at radius 1 is 0.289 bits per heavy atom. The highest BCUT2D eigenvalue weighted by molar-refractivity contribution is 6.11. The van der Waals surface area contributed by atoms with Crippen LogP contribution in [0, 0.1) is 0 Å². The Labute approximate surface area is 263 Å². The molecule has 0 N–H and O–H groups in total. The van der Waals surface area contributed by atoms with E-state index in [1.54, 1.807) is 0 Å². The molecule has 0 bridgehead atoms. The van der Waals surface area contributed by atoms with Crippen LogP contribution in [0.5, 0.6) is 0 Å². The van der Waals surface area contributed by atoms with Crippen molar-refractivity contribution in [3.63, 3.8) is 0 Å². The average molecular weight is 578 g/mol. The number of aromatic nitrogens is 1. The Morgan fingerprint density at radius 2 is 0.600 bits per heavy atom. The van der Waals surface area contributed by atoms with Crippen molar-refractivity contribution in [3.05, 3.63) is 188 Å². The Morgan fingerprint density at radius 3 is 0.933 bits per heavy atom. The van der Waals surface area contributed by atoms with E-state index in [-0.39, 0.29) is 0 Å². The summed E-state index contributed by atoms with van der Waals surface area (Å²) in [5.41, 5.74) is 10.1. The molecular formula is C42H31N3. The third kappa shape index (κ3) is 4.91. The second-order valence-corrected chi connectivity index (χ2v) is 11.1. The molecule has 0 aliphatic heterocycles. The van der Waals surface area contributed by atoms with Gasteiger partial charge in [-0.25, -0.2) is 0 Å². The molecule has 0 aliphatic carbocycles. The van der Waals surface area contributed by atoms with Crippen molar-refractivity contribution in [2.24, 2.45) is 0 Å². The molecule has 45 heavy (non-hydrogen) atoms. The van der Waals surface area contributed by atoms with Gasteiger partial charge in [0, 0.05) is 50.6 Å². The van der Waals surface area contributed by atoms with Crippen LogP contribution in [-0.4, -0.2) is 4.57 Å². The summed E-state index contributed by atoms with van der Waals surface area (Å²) >= 11 is 0. The number of nitrogens with zero attached hydrogens (tertiary/aromatic N) is 3. The lowest BCUT2D eigenvalue weighted by Crippen LogP contribution is -2.10. The van der Waals surface area contributed by atoms with E-state index < -0.39 is 0 Å². The molecule has 1 heterocycles. The van der Waals surface area contributed by atoms with E-state index in [4.69, 9.17) is 0 Å². The Hall–Kier alpha value is -6.06. The van der Waals surface area contributed by atoms with Crippen molar-refractivity contribution in [1.82, 2.24) is 4.57 Å². The molecular weight excluding hydrogens is 546 g/mol. The predicted molar refractivity (Wildman–Crippen MR) is 190 cm³/mol. The van der Waals surface area contributed by atoms with Crippen molar-refractivity contribution in [3.8, 4) is 5.69 Å². The molecule has 0 saturated heterocycles. The predicted octanol–water partition coefficient (Wildman–Crippen LogP) is 11.7. The molecule has 0 aliphatic rings. The monoisotopic (exact) mass is 577 g/mol. The normalized spacial score (nSPS) is 11.1. The van der Waals surface area contributed by atoms with Crippen LogP contribution in [-0.2, 0) is 0 Å². The number of fused-ring (bicyclic) bond motifs is 3. The minimum atomic E-state index is 1.11. The number of benzene rings is 7. The van der Waals surface area contributed by atoms with Gasteiger partial charge in [0.1, 0.15) is 0 Å². The lowest BCUT2D eigenvalue weighted by atomic mass is 10.1. The largest absolute Gasteiger partial charge is 0.310 e. The summed E-state index contributed by atoms with van der Waals surface area (Å²) in [6.07, 6.45) is 0. The van der Waals surface area contributed by atoms with Crippen molar-refractivity contribution in [2.75, 3.05) is 9.80 Å². The number of hydrogen-bond acceptors (Lipinski definition) is 2. The van der Waals surface area contributed by atoms with E-state index in [2.05, 4.69) is 202 Å². The van der Waals surface area contributed by atoms with Gasteiger partial charge in [0.2, 0.25) is 0 Å². The number of hydrogen-bond donors (Lipinski definition) is 0. The molecule has 8 aromatic rings. The summed E-state index contributed by atoms with van der Waals surface area (Å²) in [6.45, 7) is 0. The van der Waals surface area contributed by atoms with Crippen molar-refractivity contribution in [2.45, 2.75) is 0 Å². The van der Waals surface area contributed by atoms with Crippen LogP contribution in [0.2, 0.25) is 0 Å². The molecule has 0 spiro atoms. The van der Waals surface area contributed by atoms with E-state index in [1.165, 1.54) is 10.8 Å². The van der Waals surface area contributed by atoms with Crippen LogP contribution in [0.15, 0.2) is 188 Å². The van der Waals surface area contributed by atoms with Gasteiger partial charge in [0.15, 0.2) is 0 Å². The van der Waals surface area contributed by atoms with Crippen LogP contribution < -0.4 is 9.80 Å². The minimum absolute atomic E-state index is 1.11. The molecule has 0 atom stereocenters. The Bertz CT molecular complexity index is 1970. The van der Waals surface area contributed by atoms with Gasteiger partial charge in [-0.1, -0.05) is 103 Å². The molecule has 214 valence electrons. The first-order valence-corrected chi connectivity index (χ1v) is 15.3. The maximum atomic E-state index is 2.40. The molecule has 3 nitrogen and oxygen atoms in total. The Kier molecular flexibility index (Phi) is 6.82. The van der Waals surface area contributed by atoms with Crippen LogP contribution in [0.3, 0.4) is 0 Å². The van der Waals surface area contributed by atoms with Crippen LogP contribution in [0.1, 0.15) is 0 Å². The first-order chi connectivity index (χ1) is 22.3. The van der Waals surface area contributed by atoms with Crippen LogP contribution in [0.4, 0.5) is 34.1 Å². The maximum absolute atomic E-state index is 2.40. The highest BCUT2D eigenvalue weighted by Crippen LogP contribution is 2.42. The van der Waals surface area contributed by atoms with Gasteiger partial charge in [-0.05, 0) is 84.9 Å². The lowest BCUT2D eigenvalue weighted by Gasteiger charge is -2.26. The van der Waals surface area contributed by atoms with Gasteiger partial charge in [-0.2, -0.15) is 0 Å². The van der Waals surface area contributed by atoms with E-state index in [0.717, 1.165) is 50.8 Å². The zero-order valence-corrected chi connectivity index (χ0v) is 24.7. The van der Waals surface area contributed by atoms with Gasteiger partial charge >= 0.3 is 0 Å². The molecule has 1 aromatic heterocycles. The molecule has 0 unspecified atom stereocenters. The second-order valence-electron chi connectivity index (χ2n) is 11.1. The van der Waals surface area contributed by atoms with Crippen LogP contribution in [0.25, 0.3) is 27.5 Å². The first-order valence-electron chi connectivity index (χ1n) is 15.3. The fourth-order valence-corrected chi connectivity index (χ4v) is 6.33. The number of para-hydroxylation sites is 5. The van der Waals surface area contributed by atoms with E-state index in [0.29, 0.717) is 0 Å². The third-order valence-corrected chi connectivity index (χ3v) is 8.32. The number of anilines is 6. The zero-order valence-electron chi connectivity index (χ0n) is 24.7. The summed E-state index contributed by atoms with van der Waals surface area (Å²) < 4.78 is 2.40. The average Bonchev–Trinajstić information content (AvgIpc) is 3.44. The summed E-state index contributed by atoms with van der Waals surface area (Å²) in [4.78, 5) is 4.65. The Balaban J connectivity index is 1.38. The first kappa shape index (κ1) is 26.6. The second kappa shape index (κ2) is 11.6. The zero-order chi connectivity index (χ0) is 30.0. The summed E-state index contributed by atoms with van der Waals surface area (Å²) in [5, 5.41) is 2.44. The minimum Gasteiger partial charge on any atom is -0.310 e. The molecule has 0 fully saturated rings. The summed E-state index contributed by atoms with van der Waals surface area (Å²) in [6, 6.07) is 66.7. The van der Waals surface area contributed by atoms with Crippen LogP contribution >= 0.6 is 0 Å². The maximum Gasteiger partial charge on any atom is 0.0561 e. The molecule has 0 radical (unpaired) electrons. The van der Waals surface area contributed by atoms with Gasteiger partial charge < -0.3 is 14.4 Å². The molecule has 8 rings (SSSR count). The molecule has 0 amide bonds. The fourth-order valence-electron chi connectivity index (χ4n) is 6.33. The topological polar surface area (TPSA) is 11.4 Å². The molecule has 7 aromatic carbocycles. The van der Waals surface area contributed by atoms with Gasteiger partial charge in [0.05, 0.1) is 11.0 Å². The lowest BCUT2D eigenvalue weighted by molar-refractivity contribution is 1.17. The van der Waals surface area contributed by atoms with E-state index >= 15 is 0 Å². The van der Waals surface area contributed by atoms with Gasteiger partial charge in [0.25, 0.3) is 0 Å². The summed E-state index contributed by atoms with van der Waals surface area (Å²) in [5.74, 6) is 0. The summed E-state index contributed by atoms with van der Waals surface area (Å²) in [7, 11) is 0. The SMILES string of the molecule is c1ccc(N(c2ccccc2)c2ccc3c4ccc(N(c5ccccc5)c5ccccc5)cc4n(-c4ccccc4)c3c2)cc1. The van der Waals surface area contributed by atoms with Crippen molar-refractivity contribution in [1.29, 1.82) is 0 Å². The highest BCUT2D eigenvalue weighted by atomic mass is 15.2. The quantitative estimate of drug-likeness (QED) is 0.187. The third-order valence-electron chi connectivity index (χ3n) is 8.32. The standard InChI is InChI=1S/C42H31N3/c1-6-16-32(17-7-1)43(33-18-8-2-9-19-33)37-26-28-39-40-29-27-38(31-42(40)45(41(39)30-37)36-24-14-5-15-25-36)44(34-20-10-3-11-21-34)35-22-12-4-13-23-35/h1-31H. The smallest absolute Gasteiger partial charge is 0.0561 e. The van der Waals surface area contributed by atoms with E-state index in [9.17, 15) is 0 Å². The van der Waals surface area contributed by atoms with Gasteiger partial charge in [-0.15, -0.1) is 0 Å². The number of rotatable bonds is 7. The molecule has 3 heteroatoms. The van der Waals surface area contributed by atoms with E-state index in [1.807, 2.05) is 0 Å².